The Morgan fingerprint density at radius 1 is 1.23 bits per heavy atom. The maximum absolute atomic E-state index is 11.3. The van der Waals surface area contributed by atoms with Gasteiger partial charge in [0.1, 0.15) is 24.5 Å². The number of nitrogens with one attached hydrogen (secondary N) is 1. The number of benzene rings is 2. The molecule has 2 aromatic rings. The summed E-state index contributed by atoms with van der Waals surface area (Å²) in [6.07, 6.45) is -0.717. The minimum atomic E-state index is -0.717. The van der Waals surface area contributed by atoms with Crippen molar-refractivity contribution in [1.82, 2.24) is 5.32 Å². The van der Waals surface area contributed by atoms with Crippen LogP contribution in [0.15, 0.2) is 42.5 Å². The molecule has 0 aromatic heterocycles. The van der Waals surface area contributed by atoms with Gasteiger partial charge in [-0.25, -0.2) is 0 Å². The molecule has 5 nitrogen and oxygen atoms in total. The third-order valence-electron chi connectivity index (χ3n) is 3.40. The lowest BCUT2D eigenvalue weighted by Gasteiger charge is -2.16. The monoisotopic (exact) mass is 303 g/mol. The van der Waals surface area contributed by atoms with Crippen LogP contribution >= 0.6 is 0 Å². The first-order valence-electron chi connectivity index (χ1n) is 7.21. The minimum absolute atomic E-state index is 0.148. The molecule has 0 aliphatic rings. The van der Waals surface area contributed by atoms with Crippen molar-refractivity contribution in [3.8, 4) is 5.75 Å². The standard InChI is InChI=1S/C17H21NO4/c1-12(17(20)21-2)18-10-14(19)11-22-16-9-5-7-13-6-3-4-8-15(13)16/h3-9,12,14,18-19H,10-11H2,1-2H3. The molecule has 2 atom stereocenters. The molecular formula is C17H21NO4. The average Bonchev–Trinajstić information content (AvgIpc) is 2.56. The summed E-state index contributed by atoms with van der Waals surface area (Å²) in [7, 11) is 1.33. The number of carbonyl (C=O) groups excluding carboxylic acids is 1. The molecule has 2 rings (SSSR count). The number of hydrogen-bond acceptors (Lipinski definition) is 5. The molecule has 0 heterocycles. The first-order valence-corrected chi connectivity index (χ1v) is 7.21. The van der Waals surface area contributed by atoms with Gasteiger partial charge in [-0.3, -0.25) is 4.79 Å². The van der Waals surface area contributed by atoms with Crippen LogP contribution in [0, 0.1) is 0 Å². The van der Waals surface area contributed by atoms with Gasteiger partial charge < -0.3 is 19.9 Å². The summed E-state index contributed by atoms with van der Waals surface area (Å²) in [5, 5.41) is 14.9. The van der Waals surface area contributed by atoms with Gasteiger partial charge in [0.2, 0.25) is 0 Å². The Bertz CT molecular complexity index is 624. The smallest absolute Gasteiger partial charge is 0.322 e. The highest BCUT2D eigenvalue weighted by atomic mass is 16.5. The number of aliphatic hydroxyl groups excluding tert-OH is 1. The number of hydrogen-bond donors (Lipinski definition) is 2. The summed E-state index contributed by atoms with van der Waals surface area (Å²) in [6.45, 7) is 2.08. The van der Waals surface area contributed by atoms with Crippen molar-refractivity contribution in [2.75, 3.05) is 20.3 Å². The minimum Gasteiger partial charge on any atom is -0.490 e. The van der Waals surface area contributed by atoms with E-state index < -0.39 is 12.1 Å². The van der Waals surface area contributed by atoms with Crippen molar-refractivity contribution < 1.29 is 19.4 Å². The van der Waals surface area contributed by atoms with Crippen LogP contribution in [0.4, 0.5) is 0 Å². The zero-order chi connectivity index (χ0) is 15.9. The van der Waals surface area contributed by atoms with E-state index in [1.54, 1.807) is 6.92 Å². The summed E-state index contributed by atoms with van der Waals surface area (Å²) in [6, 6.07) is 13.3. The highest BCUT2D eigenvalue weighted by Crippen LogP contribution is 2.25. The molecule has 0 spiro atoms. The lowest BCUT2D eigenvalue weighted by molar-refractivity contribution is -0.142. The first kappa shape index (κ1) is 16.3. The van der Waals surface area contributed by atoms with Crippen LogP contribution < -0.4 is 10.1 Å². The second-order valence-electron chi connectivity index (χ2n) is 5.10. The summed E-state index contributed by atoms with van der Waals surface area (Å²) < 4.78 is 10.3. The SMILES string of the molecule is COC(=O)C(C)NCC(O)COc1cccc2ccccc12. The van der Waals surface area contributed by atoms with Gasteiger partial charge in [-0.1, -0.05) is 36.4 Å². The Morgan fingerprint density at radius 2 is 1.95 bits per heavy atom. The van der Waals surface area contributed by atoms with Crippen LogP contribution in [0.1, 0.15) is 6.92 Å². The quantitative estimate of drug-likeness (QED) is 0.763. The van der Waals surface area contributed by atoms with Gasteiger partial charge in [-0.2, -0.15) is 0 Å². The van der Waals surface area contributed by atoms with E-state index in [9.17, 15) is 9.90 Å². The maximum atomic E-state index is 11.3. The third kappa shape index (κ3) is 4.19. The molecule has 0 bridgehead atoms. The van der Waals surface area contributed by atoms with E-state index in [4.69, 9.17) is 4.74 Å². The number of esters is 1. The number of methoxy groups -OCH3 is 1. The predicted molar refractivity (Wildman–Crippen MR) is 84.9 cm³/mol. The Morgan fingerprint density at radius 3 is 2.73 bits per heavy atom. The highest BCUT2D eigenvalue weighted by molar-refractivity contribution is 5.88. The molecule has 0 saturated heterocycles. The Balaban J connectivity index is 1.88. The van der Waals surface area contributed by atoms with Crippen molar-refractivity contribution in [2.45, 2.75) is 19.1 Å². The fraction of sp³-hybridized carbons (Fsp3) is 0.353. The molecule has 2 unspecified atom stereocenters. The Kier molecular flexibility index (Phi) is 5.75. The zero-order valence-corrected chi connectivity index (χ0v) is 12.8. The summed E-state index contributed by atoms with van der Waals surface area (Å²) in [5.74, 6) is 0.375. The number of fused-ring (bicyclic) bond motifs is 1. The number of ether oxygens (including phenoxy) is 2. The van der Waals surface area contributed by atoms with Gasteiger partial charge >= 0.3 is 5.97 Å². The largest absolute Gasteiger partial charge is 0.490 e. The zero-order valence-electron chi connectivity index (χ0n) is 12.8. The summed E-state index contributed by atoms with van der Waals surface area (Å²) in [5.41, 5.74) is 0. The van der Waals surface area contributed by atoms with Crippen LogP contribution in [-0.2, 0) is 9.53 Å². The summed E-state index contributed by atoms with van der Waals surface area (Å²) in [4.78, 5) is 11.3. The predicted octanol–water partition coefficient (Wildman–Crippen LogP) is 1.73. The molecule has 5 heteroatoms. The van der Waals surface area contributed by atoms with E-state index in [1.807, 2.05) is 42.5 Å². The van der Waals surface area contributed by atoms with Crippen LogP contribution in [0.5, 0.6) is 5.75 Å². The second-order valence-corrected chi connectivity index (χ2v) is 5.10. The lowest BCUT2D eigenvalue weighted by atomic mass is 10.1. The van der Waals surface area contributed by atoms with E-state index in [2.05, 4.69) is 10.1 Å². The van der Waals surface area contributed by atoms with Crippen LogP contribution in [0.2, 0.25) is 0 Å². The number of carbonyl (C=O) groups is 1. The fourth-order valence-electron chi connectivity index (χ4n) is 2.14. The Hall–Kier alpha value is -2.11. The first-order chi connectivity index (χ1) is 10.6. The van der Waals surface area contributed by atoms with Gasteiger partial charge in [0.15, 0.2) is 0 Å². The van der Waals surface area contributed by atoms with Gasteiger partial charge in [-0.05, 0) is 18.4 Å². The van der Waals surface area contributed by atoms with E-state index >= 15 is 0 Å². The van der Waals surface area contributed by atoms with Crippen LogP contribution in [0.25, 0.3) is 10.8 Å². The molecule has 22 heavy (non-hydrogen) atoms. The topological polar surface area (TPSA) is 67.8 Å². The lowest BCUT2D eigenvalue weighted by Crippen LogP contribution is -2.41. The highest BCUT2D eigenvalue weighted by Gasteiger charge is 2.14. The molecule has 0 radical (unpaired) electrons. The van der Waals surface area contributed by atoms with E-state index in [0.717, 1.165) is 16.5 Å². The van der Waals surface area contributed by atoms with Gasteiger partial charge in [0.25, 0.3) is 0 Å². The van der Waals surface area contributed by atoms with Gasteiger partial charge in [-0.15, -0.1) is 0 Å². The molecule has 2 N–H and O–H groups in total. The van der Waals surface area contributed by atoms with Crippen LogP contribution in [0.3, 0.4) is 0 Å². The van der Waals surface area contributed by atoms with Crippen molar-refractivity contribution in [3.05, 3.63) is 42.5 Å². The molecule has 2 aromatic carbocycles. The molecule has 0 saturated carbocycles. The third-order valence-corrected chi connectivity index (χ3v) is 3.40. The Labute approximate surface area is 129 Å². The average molecular weight is 303 g/mol. The normalized spacial score (nSPS) is 13.6. The van der Waals surface area contributed by atoms with E-state index in [1.165, 1.54) is 7.11 Å². The van der Waals surface area contributed by atoms with Gasteiger partial charge in [0.05, 0.1) is 7.11 Å². The summed E-state index contributed by atoms with van der Waals surface area (Å²) >= 11 is 0. The van der Waals surface area contributed by atoms with Crippen molar-refractivity contribution in [2.24, 2.45) is 0 Å². The molecular weight excluding hydrogens is 282 g/mol. The van der Waals surface area contributed by atoms with Crippen molar-refractivity contribution >= 4 is 16.7 Å². The van der Waals surface area contributed by atoms with E-state index in [0.29, 0.717) is 0 Å². The fourth-order valence-corrected chi connectivity index (χ4v) is 2.14. The number of rotatable bonds is 7. The molecule has 0 aliphatic carbocycles. The number of aliphatic hydroxyl groups is 1. The van der Waals surface area contributed by atoms with Gasteiger partial charge in [0, 0.05) is 11.9 Å². The molecule has 0 aliphatic heterocycles. The van der Waals surface area contributed by atoms with Crippen LogP contribution in [-0.4, -0.2) is 43.5 Å². The second kappa shape index (κ2) is 7.77. The van der Waals surface area contributed by atoms with E-state index in [-0.39, 0.29) is 19.1 Å². The van der Waals surface area contributed by atoms with Crippen molar-refractivity contribution in [1.29, 1.82) is 0 Å². The molecule has 0 amide bonds. The molecule has 118 valence electrons. The van der Waals surface area contributed by atoms with Crippen molar-refractivity contribution in [3.63, 3.8) is 0 Å². The maximum Gasteiger partial charge on any atom is 0.322 e. The molecule has 0 fully saturated rings.